The molecule has 2 amide bonds. The van der Waals surface area contributed by atoms with Crippen molar-refractivity contribution < 1.29 is 23.1 Å². The molecule has 0 atom stereocenters. The van der Waals surface area contributed by atoms with Gasteiger partial charge in [-0.15, -0.1) is 0 Å². The summed E-state index contributed by atoms with van der Waals surface area (Å²) in [6.07, 6.45) is 0.804. The topological polar surface area (TPSA) is 58.6 Å². The molecular formula is C20H22F2N2O3. The van der Waals surface area contributed by atoms with Gasteiger partial charge in [0, 0.05) is 18.7 Å². The van der Waals surface area contributed by atoms with Gasteiger partial charge in [0.1, 0.15) is 5.75 Å². The van der Waals surface area contributed by atoms with Gasteiger partial charge in [0.25, 0.3) is 5.91 Å². The van der Waals surface area contributed by atoms with Crippen molar-refractivity contribution in [3.8, 4) is 5.75 Å². The Kier molecular flexibility index (Phi) is 7.73. The summed E-state index contributed by atoms with van der Waals surface area (Å²) in [7, 11) is 0. The molecule has 7 heteroatoms. The van der Waals surface area contributed by atoms with Crippen molar-refractivity contribution in [2.75, 3.05) is 13.1 Å². The molecule has 2 aromatic rings. The smallest absolute Gasteiger partial charge is 0.387 e. The first kappa shape index (κ1) is 20.4. The molecule has 0 spiro atoms. The Morgan fingerprint density at radius 3 is 2.33 bits per heavy atom. The molecule has 0 aliphatic carbocycles. The van der Waals surface area contributed by atoms with Crippen molar-refractivity contribution in [1.29, 1.82) is 0 Å². The number of rotatable bonds is 9. The number of amides is 2. The Hall–Kier alpha value is -2.96. The van der Waals surface area contributed by atoms with Crippen LogP contribution in [0, 0.1) is 0 Å². The average Bonchev–Trinajstić information content (AvgIpc) is 2.66. The van der Waals surface area contributed by atoms with Crippen molar-refractivity contribution >= 4 is 11.8 Å². The van der Waals surface area contributed by atoms with Crippen molar-refractivity contribution in [3.63, 3.8) is 0 Å². The van der Waals surface area contributed by atoms with Gasteiger partial charge in [-0.05, 0) is 36.2 Å². The Morgan fingerprint density at radius 2 is 1.74 bits per heavy atom. The summed E-state index contributed by atoms with van der Waals surface area (Å²) >= 11 is 0. The fourth-order valence-corrected chi connectivity index (χ4v) is 2.52. The lowest BCUT2D eigenvalue weighted by Gasteiger charge is -2.22. The lowest BCUT2D eigenvalue weighted by Crippen LogP contribution is -2.40. The average molecular weight is 376 g/mol. The Bertz CT molecular complexity index is 737. The molecule has 2 rings (SSSR count). The molecule has 27 heavy (non-hydrogen) atoms. The molecule has 0 aliphatic rings. The number of hydrogen-bond acceptors (Lipinski definition) is 3. The molecule has 0 unspecified atom stereocenters. The SMILES string of the molecule is CCCN(Cc1ccccc1)C(=O)CNC(=O)c1ccc(OC(F)F)cc1. The molecule has 0 bridgehead atoms. The molecule has 0 aliphatic heterocycles. The second-order valence-electron chi connectivity index (χ2n) is 5.89. The van der Waals surface area contributed by atoms with Gasteiger partial charge in [-0.3, -0.25) is 9.59 Å². The number of alkyl halides is 2. The van der Waals surface area contributed by atoms with E-state index in [1.165, 1.54) is 24.3 Å². The number of carbonyl (C=O) groups is 2. The second kappa shape index (κ2) is 10.3. The van der Waals surface area contributed by atoms with E-state index in [1.807, 2.05) is 37.3 Å². The molecular weight excluding hydrogens is 354 g/mol. The summed E-state index contributed by atoms with van der Waals surface area (Å²) in [6, 6.07) is 14.9. The summed E-state index contributed by atoms with van der Waals surface area (Å²) < 4.78 is 28.5. The number of hydrogen-bond donors (Lipinski definition) is 1. The number of benzene rings is 2. The number of nitrogens with zero attached hydrogens (tertiary/aromatic N) is 1. The van der Waals surface area contributed by atoms with Gasteiger partial charge in [0.2, 0.25) is 5.91 Å². The monoisotopic (exact) mass is 376 g/mol. The predicted molar refractivity (Wildman–Crippen MR) is 97.6 cm³/mol. The van der Waals surface area contributed by atoms with Crippen LogP contribution in [-0.4, -0.2) is 36.4 Å². The Morgan fingerprint density at radius 1 is 1.07 bits per heavy atom. The zero-order valence-corrected chi connectivity index (χ0v) is 15.0. The summed E-state index contributed by atoms with van der Waals surface area (Å²) in [5.41, 5.74) is 1.27. The maximum Gasteiger partial charge on any atom is 0.387 e. The van der Waals surface area contributed by atoms with Crippen LogP contribution in [0.15, 0.2) is 54.6 Å². The van der Waals surface area contributed by atoms with E-state index >= 15 is 0 Å². The van der Waals surface area contributed by atoms with Gasteiger partial charge < -0.3 is 15.0 Å². The van der Waals surface area contributed by atoms with Crippen molar-refractivity contribution in [1.82, 2.24) is 10.2 Å². The number of halogens is 2. The summed E-state index contributed by atoms with van der Waals surface area (Å²) in [5.74, 6) is -0.676. The van der Waals surface area contributed by atoms with Crippen LogP contribution in [0.25, 0.3) is 0 Å². The largest absolute Gasteiger partial charge is 0.435 e. The van der Waals surface area contributed by atoms with Crippen LogP contribution in [0.5, 0.6) is 5.75 Å². The van der Waals surface area contributed by atoms with Crippen LogP contribution in [0.4, 0.5) is 8.78 Å². The van der Waals surface area contributed by atoms with Crippen LogP contribution in [0.1, 0.15) is 29.3 Å². The molecule has 0 radical (unpaired) electrons. The first-order valence-electron chi connectivity index (χ1n) is 8.64. The quantitative estimate of drug-likeness (QED) is 0.729. The normalized spacial score (nSPS) is 10.5. The molecule has 5 nitrogen and oxygen atoms in total. The van der Waals surface area contributed by atoms with Gasteiger partial charge in [0.05, 0.1) is 6.54 Å². The molecule has 0 heterocycles. The zero-order valence-electron chi connectivity index (χ0n) is 15.0. The summed E-state index contributed by atoms with van der Waals surface area (Å²) in [4.78, 5) is 26.3. The van der Waals surface area contributed by atoms with Gasteiger partial charge in [0.15, 0.2) is 0 Å². The first-order chi connectivity index (χ1) is 13.0. The van der Waals surface area contributed by atoms with E-state index in [0.29, 0.717) is 13.1 Å². The van der Waals surface area contributed by atoms with Gasteiger partial charge in [-0.2, -0.15) is 8.78 Å². The summed E-state index contributed by atoms with van der Waals surface area (Å²) in [5, 5.41) is 2.56. The molecule has 0 fully saturated rings. The number of ether oxygens (including phenoxy) is 1. The molecule has 1 N–H and O–H groups in total. The highest BCUT2D eigenvalue weighted by Gasteiger charge is 2.15. The highest BCUT2D eigenvalue weighted by molar-refractivity contribution is 5.96. The van der Waals surface area contributed by atoms with Crippen molar-refractivity contribution in [3.05, 3.63) is 65.7 Å². The van der Waals surface area contributed by atoms with E-state index in [4.69, 9.17) is 0 Å². The Labute approximate surface area is 156 Å². The van der Waals surface area contributed by atoms with Crippen molar-refractivity contribution in [2.45, 2.75) is 26.5 Å². The van der Waals surface area contributed by atoms with E-state index in [2.05, 4.69) is 10.1 Å². The minimum atomic E-state index is -2.92. The molecule has 144 valence electrons. The highest BCUT2D eigenvalue weighted by Crippen LogP contribution is 2.14. The Balaban J connectivity index is 1.90. The van der Waals surface area contributed by atoms with E-state index in [1.54, 1.807) is 4.90 Å². The second-order valence-corrected chi connectivity index (χ2v) is 5.89. The van der Waals surface area contributed by atoms with Gasteiger partial charge in [-0.25, -0.2) is 0 Å². The molecule has 0 saturated heterocycles. The number of nitrogens with one attached hydrogen (secondary N) is 1. The van der Waals surface area contributed by atoms with Crippen LogP contribution in [0.2, 0.25) is 0 Å². The van der Waals surface area contributed by atoms with E-state index in [0.717, 1.165) is 12.0 Å². The standard InChI is InChI=1S/C20H22F2N2O3/c1-2-12-24(14-15-6-4-3-5-7-15)18(25)13-23-19(26)16-8-10-17(11-9-16)27-20(21)22/h3-11,20H,2,12-14H2,1H3,(H,23,26). The van der Waals surface area contributed by atoms with Gasteiger partial charge >= 0.3 is 6.61 Å². The maximum absolute atomic E-state index is 12.5. The summed E-state index contributed by atoms with van der Waals surface area (Å²) in [6.45, 7) is -0.0170. The van der Waals surface area contributed by atoms with Gasteiger partial charge in [-0.1, -0.05) is 37.3 Å². The maximum atomic E-state index is 12.5. The minimum Gasteiger partial charge on any atom is -0.435 e. The zero-order chi connectivity index (χ0) is 19.6. The van der Waals surface area contributed by atoms with E-state index in [-0.39, 0.29) is 23.8 Å². The molecule has 0 saturated carbocycles. The highest BCUT2D eigenvalue weighted by atomic mass is 19.3. The predicted octanol–water partition coefficient (Wildman–Crippen LogP) is 3.46. The number of carbonyl (C=O) groups excluding carboxylic acids is 2. The van der Waals surface area contributed by atoms with E-state index < -0.39 is 12.5 Å². The van der Waals surface area contributed by atoms with E-state index in [9.17, 15) is 18.4 Å². The first-order valence-corrected chi connectivity index (χ1v) is 8.64. The fourth-order valence-electron chi connectivity index (χ4n) is 2.52. The third-order valence-electron chi connectivity index (χ3n) is 3.80. The van der Waals surface area contributed by atoms with Crippen LogP contribution < -0.4 is 10.1 Å². The third kappa shape index (κ3) is 6.69. The third-order valence-corrected chi connectivity index (χ3v) is 3.80. The van der Waals surface area contributed by atoms with Crippen LogP contribution in [0.3, 0.4) is 0 Å². The van der Waals surface area contributed by atoms with Crippen LogP contribution in [-0.2, 0) is 11.3 Å². The molecule has 0 aromatic heterocycles. The van der Waals surface area contributed by atoms with Crippen molar-refractivity contribution in [2.24, 2.45) is 0 Å². The fraction of sp³-hybridized carbons (Fsp3) is 0.300. The lowest BCUT2D eigenvalue weighted by atomic mass is 10.2. The lowest BCUT2D eigenvalue weighted by molar-refractivity contribution is -0.130. The molecule has 2 aromatic carbocycles. The van der Waals surface area contributed by atoms with Crippen LogP contribution >= 0.6 is 0 Å². The minimum absolute atomic E-state index is 0.0328.